The van der Waals surface area contributed by atoms with Crippen molar-refractivity contribution in [2.75, 3.05) is 36.8 Å². The van der Waals surface area contributed by atoms with E-state index in [2.05, 4.69) is 15.6 Å². The number of likely N-dealkylation sites (N-methyl/N-ethyl adjacent to an activating group) is 1. The van der Waals surface area contributed by atoms with Gasteiger partial charge in [-0.25, -0.2) is 4.98 Å². The predicted molar refractivity (Wildman–Crippen MR) is 85.8 cm³/mol. The minimum Gasteiger partial charge on any atom is -0.383 e. The Morgan fingerprint density at radius 3 is 3.05 bits per heavy atom. The van der Waals surface area contributed by atoms with Crippen LogP contribution in [0.4, 0.5) is 11.8 Å². The summed E-state index contributed by atoms with van der Waals surface area (Å²) in [5.74, 6) is 1.18. The van der Waals surface area contributed by atoms with Crippen molar-refractivity contribution < 1.29 is 4.79 Å². The number of anilines is 2. The number of carbonyl (C=O) groups is 1. The number of nitrogens with two attached hydrogens (primary N) is 1. The summed E-state index contributed by atoms with van der Waals surface area (Å²) in [5, 5.41) is 6.15. The van der Waals surface area contributed by atoms with E-state index in [9.17, 15) is 4.79 Å². The highest BCUT2D eigenvalue weighted by molar-refractivity contribution is 5.85. The lowest BCUT2D eigenvalue weighted by atomic mass is 9.96. The molecule has 1 atom stereocenters. The molecule has 7 nitrogen and oxygen atoms in total. The zero-order chi connectivity index (χ0) is 15.5. The Morgan fingerprint density at radius 2 is 2.23 bits per heavy atom. The van der Waals surface area contributed by atoms with Gasteiger partial charge in [0, 0.05) is 31.7 Å². The first-order valence-electron chi connectivity index (χ1n) is 8.11. The van der Waals surface area contributed by atoms with E-state index in [-0.39, 0.29) is 11.9 Å². The van der Waals surface area contributed by atoms with Crippen molar-refractivity contribution in [3.8, 4) is 0 Å². The van der Waals surface area contributed by atoms with Crippen molar-refractivity contribution in [1.82, 2.24) is 20.6 Å². The van der Waals surface area contributed by atoms with Crippen LogP contribution in [0, 0.1) is 0 Å². The molecule has 0 saturated carbocycles. The molecular weight excluding hydrogens is 280 g/mol. The maximum absolute atomic E-state index is 12.3. The number of aryl methyl sites for hydroxylation is 1. The van der Waals surface area contributed by atoms with Crippen LogP contribution in [-0.2, 0) is 17.6 Å². The first-order chi connectivity index (χ1) is 10.7. The molecule has 1 aromatic heterocycles. The normalized spacial score (nSPS) is 21.3. The van der Waals surface area contributed by atoms with Gasteiger partial charge >= 0.3 is 0 Å². The van der Waals surface area contributed by atoms with Gasteiger partial charge in [-0.1, -0.05) is 0 Å². The molecule has 0 aromatic carbocycles. The van der Waals surface area contributed by atoms with Gasteiger partial charge in [0.1, 0.15) is 11.9 Å². The zero-order valence-electron chi connectivity index (χ0n) is 13.1. The maximum atomic E-state index is 12.3. The van der Waals surface area contributed by atoms with E-state index in [1.165, 1.54) is 0 Å². The van der Waals surface area contributed by atoms with Crippen LogP contribution in [0.1, 0.15) is 31.0 Å². The van der Waals surface area contributed by atoms with E-state index < -0.39 is 0 Å². The lowest BCUT2D eigenvalue weighted by Crippen LogP contribution is -2.58. The second-order valence-electron chi connectivity index (χ2n) is 5.85. The molecule has 1 aromatic rings. The van der Waals surface area contributed by atoms with Gasteiger partial charge in [-0.15, -0.1) is 0 Å². The third kappa shape index (κ3) is 2.85. The largest absolute Gasteiger partial charge is 0.383 e. The van der Waals surface area contributed by atoms with Crippen molar-refractivity contribution in [2.24, 2.45) is 0 Å². The monoisotopic (exact) mass is 304 g/mol. The average Bonchev–Trinajstić information content (AvgIpc) is 2.55. The number of aromatic nitrogens is 2. The van der Waals surface area contributed by atoms with Gasteiger partial charge in [0.25, 0.3) is 0 Å². The molecule has 120 valence electrons. The molecule has 2 aliphatic rings. The topological polar surface area (TPSA) is 96.2 Å². The first-order valence-corrected chi connectivity index (χ1v) is 8.11. The SMILES string of the molecule is CCNC(=O)C1CNCCN1c1nc(N)c2c(n1)CCCC2. The lowest BCUT2D eigenvalue weighted by Gasteiger charge is -2.35. The molecule has 1 aliphatic carbocycles. The Bertz CT molecular complexity index is 561. The van der Waals surface area contributed by atoms with Gasteiger partial charge in [0.2, 0.25) is 11.9 Å². The second kappa shape index (κ2) is 6.48. The highest BCUT2D eigenvalue weighted by atomic mass is 16.2. The van der Waals surface area contributed by atoms with Crippen LogP contribution >= 0.6 is 0 Å². The van der Waals surface area contributed by atoms with Crippen LogP contribution in [0.5, 0.6) is 0 Å². The maximum Gasteiger partial charge on any atom is 0.244 e. The molecule has 3 rings (SSSR count). The Kier molecular flexibility index (Phi) is 4.42. The van der Waals surface area contributed by atoms with Gasteiger partial charge < -0.3 is 21.3 Å². The zero-order valence-corrected chi connectivity index (χ0v) is 13.1. The number of nitrogens with one attached hydrogen (secondary N) is 2. The standard InChI is InChI=1S/C15H24N6O/c1-2-18-14(22)12-9-17-7-8-21(12)15-19-11-6-4-3-5-10(11)13(16)20-15/h12,17H,2-9H2,1H3,(H,18,22)(H2,16,19,20). The molecule has 4 N–H and O–H groups in total. The van der Waals surface area contributed by atoms with Gasteiger partial charge in [-0.3, -0.25) is 4.79 Å². The molecule has 0 bridgehead atoms. The first kappa shape index (κ1) is 15.0. The van der Waals surface area contributed by atoms with Crippen molar-refractivity contribution >= 4 is 17.7 Å². The molecule has 1 fully saturated rings. The van der Waals surface area contributed by atoms with Gasteiger partial charge in [0.15, 0.2) is 0 Å². The second-order valence-corrected chi connectivity index (χ2v) is 5.85. The van der Waals surface area contributed by atoms with Gasteiger partial charge in [-0.2, -0.15) is 4.98 Å². The third-order valence-electron chi connectivity index (χ3n) is 4.36. The van der Waals surface area contributed by atoms with Crippen LogP contribution in [0.15, 0.2) is 0 Å². The third-order valence-corrected chi connectivity index (χ3v) is 4.36. The minimum atomic E-state index is -0.283. The number of piperazine rings is 1. The van der Waals surface area contributed by atoms with Crippen LogP contribution in [0.3, 0.4) is 0 Å². The summed E-state index contributed by atoms with van der Waals surface area (Å²) in [5.41, 5.74) is 8.29. The quantitative estimate of drug-likeness (QED) is 0.719. The Hall–Kier alpha value is -1.89. The minimum absolute atomic E-state index is 0.00888. The van der Waals surface area contributed by atoms with Crippen molar-refractivity contribution in [3.05, 3.63) is 11.3 Å². The Morgan fingerprint density at radius 1 is 1.41 bits per heavy atom. The molecule has 1 saturated heterocycles. The molecule has 22 heavy (non-hydrogen) atoms. The molecule has 1 unspecified atom stereocenters. The number of fused-ring (bicyclic) bond motifs is 1. The van der Waals surface area contributed by atoms with Gasteiger partial charge in [0.05, 0.1) is 5.69 Å². The highest BCUT2D eigenvalue weighted by Gasteiger charge is 2.31. The van der Waals surface area contributed by atoms with Gasteiger partial charge in [-0.05, 0) is 32.6 Å². The van der Waals surface area contributed by atoms with E-state index in [1.807, 2.05) is 11.8 Å². The summed E-state index contributed by atoms with van der Waals surface area (Å²) in [6, 6.07) is -0.283. The molecule has 2 heterocycles. The molecule has 7 heteroatoms. The number of hydrogen-bond donors (Lipinski definition) is 3. The van der Waals surface area contributed by atoms with Crippen LogP contribution in [0.2, 0.25) is 0 Å². The fourth-order valence-corrected chi connectivity index (χ4v) is 3.21. The molecule has 0 spiro atoms. The lowest BCUT2D eigenvalue weighted by molar-refractivity contribution is -0.122. The van der Waals surface area contributed by atoms with Crippen molar-refractivity contribution in [1.29, 1.82) is 0 Å². The van der Waals surface area contributed by atoms with Crippen LogP contribution in [-0.4, -0.2) is 48.1 Å². The Labute approximate surface area is 130 Å². The number of rotatable bonds is 3. The molecule has 0 radical (unpaired) electrons. The smallest absolute Gasteiger partial charge is 0.244 e. The molecule has 1 amide bonds. The highest BCUT2D eigenvalue weighted by Crippen LogP contribution is 2.26. The van der Waals surface area contributed by atoms with Crippen LogP contribution in [0.25, 0.3) is 0 Å². The number of amides is 1. The summed E-state index contributed by atoms with van der Waals surface area (Å²) in [6.07, 6.45) is 4.20. The fourth-order valence-electron chi connectivity index (χ4n) is 3.21. The average molecular weight is 304 g/mol. The van der Waals surface area contributed by atoms with E-state index in [4.69, 9.17) is 10.7 Å². The molecule has 1 aliphatic heterocycles. The predicted octanol–water partition coefficient (Wildman–Crippen LogP) is -0.148. The summed E-state index contributed by atoms with van der Waals surface area (Å²) < 4.78 is 0. The van der Waals surface area contributed by atoms with E-state index in [0.717, 1.165) is 43.5 Å². The molecular formula is C15H24N6O. The summed E-state index contributed by atoms with van der Waals surface area (Å²) in [6.45, 7) is 4.67. The van der Waals surface area contributed by atoms with Crippen LogP contribution < -0.4 is 21.3 Å². The number of nitrogens with zero attached hydrogens (tertiary/aromatic N) is 3. The number of carbonyl (C=O) groups excluding carboxylic acids is 1. The number of nitrogen functional groups attached to an aromatic ring is 1. The summed E-state index contributed by atoms with van der Waals surface area (Å²) >= 11 is 0. The van der Waals surface area contributed by atoms with E-state index in [1.54, 1.807) is 0 Å². The number of hydrogen-bond acceptors (Lipinski definition) is 6. The summed E-state index contributed by atoms with van der Waals surface area (Å²) in [4.78, 5) is 23.5. The van der Waals surface area contributed by atoms with Crippen molar-refractivity contribution in [2.45, 2.75) is 38.6 Å². The van der Waals surface area contributed by atoms with E-state index in [0.29, 0.717) is 31.4 Å². The van der Waals surface area contributed by atoms with E-state index >= 15 is 0 Å². The Balaban J connectivity index is 1.90. The fraction of sp³-hybridized carbons (Fsp3) is 0.667. The van der Waals surface area contributed by atoms with Crippen molar-refractivity contribution in [3.63, 3.8) is 0 Å². The summed E-state index contributed by atoms with van der Waals surface area (Å²) in [7, 11) is 0.